The van der Waals surface area contributed by atoms with Crippen LogP contribution in [0.3, 0.4) is 0 Å². The maximum absolute atomic E-state index is 12.9. The molecule has 2 saturated heterocycles. The molecule has 3 aliphatic heterocycles. The van der Waals surface area contributed by atoms with E-state index in [1.165, 1.54) is 16.9 Å². The molecule has 0 atom stereocenters. The van der Waals surface area contributed by atoms with Gasteiger partial charge in [-0.15, -0.1) is 11.3 Å². The standard InChI is InChI=1S/C23H30N6O4S/c1-24-23-25-18(15-34-23)22(31)29-10-6-27(7-11-29)14-21(30)28-8-4-26(5-9-28)13-17-2-3-19-20(12-17)33-16-32-19/h2-3,12,15H,4-11,13-14,16H2,1H3,(H,24,25). The first-order chi connectivity index (χ1) is 16.6. The third-order valence-electron chi connectivity index (χ3n) is 6.52. The third kappa shape index (κ3) is 5.11. The molecule has 10 nitrogen and oxygen atoms in total. The van der Waals surface area contributed by atoms with Gasteiger partial charge >= 0.3 is 0 Å². The average molecular weight is 487 g/mol. The minimum Gasteiger partial charge on any atom is -0.454 e. The molecule has 4 heterocycles. The fourth-order valence-electron chi connectivity index (χ4n) is 4.50. The van der Waals surface area contributed by atoms with E-state index in [9.17, 15) is 9.59 Å². The van der Waals surface area contributed by atoms with Crippen LogP contribution in [0.2, 0.25) is 0 Å². The Hall–Kier alpha value is -2.89. The molecule has 0 spiro atoms. The number of thiazole rings is 1. The molecule has 34 heavy (non-hydrogen) atoms. The zero-order valence-electron chi connectivity index (χ0n) is 19.4. The van der Waals surface area contributed by atoms with Gasteiger partial charge < -0.3 is 24.6 Å². The van der Waals surface area contributed by atoms with E-state index >= 15 is 0 Å². The number of piperazine rings is 2. The Kier molecular flexibility index (Phi) is 6.84. The SMILES string of the molecule is CNc1nc(C(=O)N2CCN(CC(=O)N3CCN(Cc4ccc5c(c4)OCO5)CC3)CC2)cs1. The Bertz CT molecular complexity index is 1030. The fraction of sp³-hybridized carbons (Fsp3) is 0.522. The zero-order valence-corrected chi connectivity index (χ0v) is 20.2. The highest BCUT2D eigenvalue weighted by Crippen LogP contribution is 2.32. The van der Waals surface area contributed by atoms with Crippen LogP contribution in [-0.4, -0.2) is 109 Å². The third-order valence-corrected chi connectivity index (χ3v) is 7.38. The largest absolute Gasteiger partial charge is 0.454 e. The molecule has 2 fully saturated rings. The molecule has 0 saturated carbocycles. The Morgan fingerprint density at radius 1 is 0.971 bits per heavy atom. The predicted octanol–water partition coefficient (Wildman–Crippen LogP) is 1.02. The molecule has 0 aliphatic carbocycles. The van der Waals surface area contributed by atoms with Crippen LogP contribution in [0.5, 0.6) is 11.5 Å². The van der Waals surface area contributed by atoms with Crippen molar-refractivity contribution in [3.05, 3.63) is 34.8 Å². The summed E-state index contributed by atoms with van der Waals surface area (Å²) in [5.41, 5.74) is 1.67. The molecule has 5 rings (SSSR count). The topological polar surface area (TPSA) is 90.5 Å². The number of rotatable bonds is 6. The molecule has 2 amide bonds. The van der Waals surface area contributed by atoms with Gasteiger partial charge in [0.15, 0.2) is 16.6 Å². The Morgan fingerprint density at radius 2 is 1.68 bits per heavy atom. The van der Waals surface area contributed by atoms with Crippen LogP contribution in [0.25, 0.3) is 0 Å². The van der Waals surface area contributed by atoms with Crippen LogP contribution >= 0.6 is 11.3 Å². The molecule has 3 aliphatic rings. The number of nitrogens with one attached hydrogen (secondary N) is 1. The number of aromatic nitrogens is 1. The lowest BCUT2D eigenvalue weighted by Crippen LogP contribution is -2.54. The van der Waals surface area contributed by atoms with Gasteiger partial charge in [-0.25, -0.2) is 4.98 Å². The lowest BCUT2D eigenvalue weighted by atomic mass is 10.1. The van der Waals surface area contributed by atoms with Crippen molar-refractivity contribution in [3.8, 4) is 11.5 Å². The van der Waals surface area contributed by atoms with Crippen molar-refractivity contribution in [2.75, 3.05) is 78.1 Å². The minimum absolute atomic E-state index is 0.0395. The Labute approximate surface area is 203 Å². The van der Waals surface area contributed by atoms with Crippen LogP contribution in [0.4, 0.5) is 5.13 Å². The van der Waals surface area contributed by atoms with Gasteiger partial charge in [0, 0.05) is 71.3 Å². The lowest BCUT2D eigenvalue weighted by molar-refractivity contribution is -0.134. The number of carbonyl (C=O) groups is 2. The molecule has 182 valence electrons. The summed E-state index contributed by atoms with van der Waals surface area (Å²) in [5.74, 6) is 1.74. The second-order valence-corrected chi connectivity index (χ2v) is 9.56. The summed E-state index contributed by atoms with van der Waals surface area (Å²) in [4.78, 5) is 38.1. The lowest BCUT2D eigenvalue weighted by Gasteiger charge is -2.38. The summed E-state index contributed by atoms with van der Waals surface area (Å²) in [7, 11) is 1.79. The van der Waals surface area contributed by atoms with Crippen molar-refractivity contribution in [1.82, 2.24) is 24.6 Å². The van der Waals surface area contributed by atoms with Crippen LogP contribution in [0.1, 0.15) is 16.1 Å². The molecule has 1 N–H and O–H groups in total. The van der Waals surface area contributed by atoms with Gasteiger partial charge in [-0.3, -0.25) is 19.4 Å². The number of hydrogen-bond acceptors (Lipinski definition) is 9. The number of benzene rings is 1. The van der Waals surface area contributed by atoms with Crippen LogP contribution in [0.15, 0.2) is 23.6 Å². The first-order valence-electron chi connectivity index (χ1n) is 11.6. The number of ether oxygens (including phenoxy) is 2. The van der Waals surface area contributed by atoms with E-state index in [1.54, 1.807) is 12.4 Å². The Morgan fingerprint density at radius 3 is 2.41 bits per heavy atom. The van der Waals surface area contributed by atoms with Crippen molar-refractivity contribution in [2.24, 2.45) is 0 Å². The van der Waals surface area contributed by atoms with Crippen LogP contribution in [-0.2, 0) is 11.3 Å². The average Bonchev–Trinajstić information content (AvgIpc) is 3.54. The monoisotopic (exact) mass is 486 g/mol. The van der Waals surface area contributed by atoms with Crippen molar-refractivity contribution in [2.45, 2.75) is 6.54 Å². The number of amides is 2. The molecule has 0 unspecified atom stereocenters. The smallest absolute Gasteiger partial charge is 0.273 e. The number of anilines is 1. The minimum atomic E-state index is -0.0395. The summed E-state index contributed by atoms with van der Waals surface area (Å²) in [6.07, 6.45) is 0. The maximum Gasteiger partial charge on any atom is 0.273 e. The molecule has 1 aromatic heterocycles. The van der Waals surface area contributed by atoms with Crippen molar-refractivity contribution in [1.29, 1.82) is 0 Å². The first kappa shape index (κ1) is 22.9. The van der Waals surface area contributed by atoms with Crippen LogP contribution in [0, 0.1) is 0 Å². The van der Waals surface area contributed by atoms with Crippen molar-refractivity contribution >= 4 is 28.3 Å². The van der Waals surface area contributed by atoms with Gasteiger partial charge in [-0.2, -0.15) is 0 Å². The Balaban J connectivity index is 1.04. The van der Waals surface area contributed by atoms with E-state index in [1.807, 2.05) is 21.9 Å². The number of nitrogens with zero attached hydrogens (tertiary/aromatic N) is 5. The molecule has 1 aromatic carbocycles. The predicted molar refractivity (Wildman–Crippen MR) is 128 cm³/mol. The molecular formula is C23H30N6O4S. The van der Waals surface area contributed by atoms with Gasteiger partial charge in [0.05, 0.1) is 6.54 Å². The van der Waals surface area contributed by atoms with Gasteiger partial charge in [-0.05, 0) is 17.7 Å². The van der Waals surface area contributed by atoms with E-state index < -0.39 is 0 Å². The number of hydrogen-bond donors (Lipinski definition) is 1. The van der Waals surface area contributed by atoms with E-state index in [0.29, 0.717) is 38.4 Å². The fourth-order valence-corrected chi connectivity index (χ4v) is 5.15. The van der Waals surface area contributed by atoms with E-state index in [-0.39, 0.29) is 18.6 Å². The summed E-state index contributed by atoms with van der Waals surface area (Å²) >= 11 is 1.43. The first-order valence-corrected chi connectivity index (χ1v) is 12.5. The van der Waals surface area contributed by atoms with Gasteiger partial charge in [0.25, 0.3) is 5.91 Å². The quantitative estimate of drug-likeness (QED) is 0.647. The van der Waals surface area contributed by atoms with Gasteiger partial charge in [-0.1, -0.05) is 6.07 Å². The van der Waals surface area contributed by atoms with Gasteiger partial charge in [0.1, 0.15) is 5.69 Å². The molecule has 11 heteroatoms. The second kappa shape index (κ2) is 10.2. The van der Waals surface area contributed by atoms with E-state index in [2.05, 4.69) is 26.2 Å². The molecule has 0 bridgehead atoms. The highest BCUT2D eigenvalue weighted by atomic mass is 32.1. The summed E-state index contributed by atoms with van der Waals surface area (Å²) in [6, 6.07) is 6.07. The highest BCUT2D eigenvalue weighted by molar-refractivity contribution is 7.13. The summed E-state index contributed by atoms with van der Waals surface area (Å²) < 4.78 is 10.9. The molecule has 2 aromatic rings. The normalized spacial score (nSPS) is 18.9. The molecule has 0 radical (unpaired) electrons. The number of fused-ring (bicyclic) bond motifs is 1. The van der Waals surface area contributed by atoms with Crippen LogP contribution < -0.4 is 14.8 Å². The maximum atomic E-state index is 12.9. The van der Waals surface area contributed by atoms with E-state index in [0.717, 1.165) is 49.4 Å². The summed E-state index contributed by atoms with van der Waals surface area (Å²) in [5, 5.41) is 5.49. The van der Waals surface area contributed by atoms with Crippen molar-refractivity contribution < 1.29 is 19.1 Å². The van der Waals surface area contributed by atoms with Crippen molar-refractivity contribution in [3.63, 3.8) is 0 Å². The van der Waals surface area contributed by atoms with E-state index in [4.69, 9.17) is 9.47 Å². The molecular weight excluding hydrogens is 456 g/mol. The van der Waals surface area contributed by atoms with Gasteiger partial charge in [0.2, 0.25) is 12.7 Å². The number of carbonyl (C=O) groups excluding carboxylic acids is 2. The zero-order chi connectivity index (χ0) is 23.5. The highest BCUT2D eigenvalue weighted by Gasteiger charge is 2.27. The summed E-state index contributed by atoms with van der Waals surface area (Å²) in [6.45, 7) is 7.33. The second-order valence-electron chi connectivity index (χ2n) is 8.70.